The lowest BCUT2D eigenvalue weighted by molar-refractivity contribution is -0.00983. The number of ether oxygens (including phenoxy) is 2. The van der Waals surface area contributed by atoms with Crippen molar-refractivity contribution in [1.82, 2.24) is 9.80 Å². The van der Waals surface area contributed by atoms with E-state index in [2.05, 4.69) is 10.2 Å². The zero-order valence-electron chi connectivity index (χ0n) is 15.6. The number of carbonyl (C=O) groups is 1. The third-order valence-electron chi connectivity index (χ3n) is 4.93. The number of urea groups is 1. The van der Waals surface area contributed by atoms with Crippen LogP contribution in [-0.2, 0) is 9.47 Å². The van der Waals surface area contributed by atoms with E-state index in [0.29, 0.717) is 24.7 Å². The molecule has 1 atom stereocenters. The molecule has 0 radical (unpaired) electrons. The maximum atomic E-state index is 12.8. The zero-order chi connectivity index (χ0) is 18.5. The van der Waals surface area contributed by atoms with Gasteiger partial charge in [0, 0.05) is 50.0 Å². The fourth-order valence-electron chi connectivity index (χ4n) is 3.56. The van der Waals surface area contributed by atoms with E-state index < -0.39 is 0 Å². The van der Waals surface area contributed by atoms with Crippen molar-refractivity contribution in [3.8, 4) is 0 Å². The average Bonchev–Trinajstić information content (AvgIpc) is 2.84. The van der Waals surface area contributed by atoms with E-state index in [4.69, 9.17) is 21.1 Å². The van der Waals surface area contributed by atoms with Crippen LogP contribution in [0.2, 0.25) is 5.02 Å². The molecule has 0 saturated carbocycles. The highest BCUT2D eigenvalue weighted by Crippen LogP contribution is 2.25. The third-order valence-corrected chi connectivity index (χ3v) is 5.15. The molecule has 3 rings (SSSR count). The molecule has 26 heavy (non-hydrogen) atoms. The van der Waals surface area contributed by atoms with Gasteiger partial charge in [-0.1, -0.05) is 11.6 Å². The van der Waals surface area contributed by atoms with Crippen molar-refractivity contribution in [3.63, 3.8) is 0 Å². The van der Waals surface area contributed by atoms with E-state index in [0.717, 1.165) is 56.1 Å². The predicted octanol–water partition coefficient (Wildman–Crippen LogP) is 2.91. The number of amides is 2. The Hall–Kier alpha value is -1.34. The molecule has 0 aliphatic carbocycles. The Balaban J connectivity index is 1.62. The molecule has 0 aromatic heterocycles. The van der Waals surface area contributed by atoms with Crippen molar-refractivity contribution in [3.05, 3.63) is 28.3 Å². The molecule has 2 heterocycles. The summed E-state index contributed by atoms with van der Waals surface area (Å²) in [6.45, 7) is 10.2. The summed E-state index contributed by atoms with van der Waals surface area (Å²) in [5, 5.41) is 3.75. The molecule has 0 spiro atoms. The summed E-state index contributed by atoms with van der Waals surface area (Å²) in [7, 11) is 0. The molecule has 7 heteroatoms. The van der Waals surface area contributed by atoms with Crippen LogP contribution in [0.25, 0.3) is 0 Å². The Bertz CT molecular complexity index is 611. The van der Waals surface area contributed by atoms with Gasteiger partial charge in [0.05, 0.1) is 19.3 Å². The molecule has 2 saturated heterocycles. The number of carbonyl (C=O) groups excluding carboxylic acids is 1. The highest BCUT2D eigenvalue weighted by Gasteiger charge is 2.25. The largest absolute Gasteiger partial charge is 0.379 e. The van der Waals surface area contributed by atoms with Gasteiger partial charge in [-0.15, -0.1) is 0 Å². The number of halogens is 1. The average molecular weight is 382 g/mol. The quantitative estimate of drug-likeness (QED) is 0.874. The SMILES string of the molecule is Cc1cc(Cl)cc(C)c1NC(=O)N1CCCO[C@@H](CN2CCOCC2)C1. The summed E-state index contributed by atoms with van der Waals surface area (Å²) >= 11 is 6.09. The van der Waals surface area contributed by atoms with Gasteiger partial charge in [-0.25, -0.2) is 4.79 Å². The predicted molar refractivity (Wildman–Crippen MR) is 103 cm³/mol. The van der Waals surface area contributed by atoms with E-state index in [1.165, 1.54) is 0 Å². The molecule has 6 nitrogen and oxygen atoms in total. The Morgan fingerprint density at radius 1 is 1.19 bits per heavy atom. The second-order valence-corrected chi connectivity index (χ2v) is 7.49. The van der Waals surface area contributed by atoms with Crippen LogP contribution in [0.1, 0.15) is 17.5 Å². The summed E-state index contributed by atoms with van der Waals surface area (Å²) in [6.07, 6.45) is 0.889. The number of hydrogen-bond donors (Lipinski definition) is 1. The maximum Gasteiger partial charge on any atom is 0.321 e. The molecule has 144 valence electrons. The van der Waals surface area contributed by atoms with Crippen LogP contribution in [0, 0.1) is 13.8 Å². The molecule has 1 N–H and O–H groups in total. The van der Waals surface area contributed by atoms with Crippen molar-refractivity contribution in [2.24, 2.45) is 0 Å². The van der Waals surface area contributed by atoms with Crippen LogP contribution in [-0.4, -0.2) is 74.5 Å². The topological polar surface area (TPSA) is 54.0 Å². The van der Waals surface area contributed by atoms with E-state index in [-0.39, 0.29) is 12.1 Å². The molecule has 1 aromatic carbocycles. The fourth-order valence-corrected chi connectivity index (χ4v) is 3.88. The maximum absolute atomic E-state index is 12.8. The summed E-state index contributed by atoms with van der Waals surface area (Å²) in [4.78, 5) is 17.1. The number of anilines is 1. The Kier molecular flexibility index (Phi) is 6.75. The number of hydrogen-bond acceptors (Lipinski definition) is 4. The summed E-state index contributed by atoms with van der Waals surface area (Å²) in [5.74, 6) is 0. The Morgan fingerprint density at radius 2 is 1.88 bits per heavy atom. The van der Waals surface area contributed by atoms with Gasteiger partial charge >= 0.3 is 6.03 Å². The minimum Gasteiger partial charge on any atom is -0.379 e. The summed E-state index contributed by atoms with van der Waals surface area (Å²) in [5.41, 5.74) is 2.79. The molecule has 0 unspecified atom stereocenters. The smallest absolute Gasteiger partial charge is 0.321 e. The van der Waals surface area contributed by atoms with E-state index >= 15 is 0 Å². The minimum atomic E-state index is -0.0731. The van der Waals surface area contributed by atoms with Gasteiger partial charge in [-0.2, -0.15) is 0 Å². The molecule has 1 aromatic rings. The number of benzene rings is 1. The van der Waals surface area contributed by atoms with Crippen LogP contribution < -0.4 is 5.32 Å². The van der Waals surface area contributed by atoms with Crippen LogP contribution in [0.3, 0.4) is 0 Å². The van der Waals surface area contributed by atoms with Crippen molar-refractivity contribution in [2.75, 3.05) is 57.9 Å². The Labute approximate surface area is 160 Å². The first-order chi connectivity index (χ1) is 12.5. The third kappa shape index (κ3) is 5.10. The first-order valence-electron chi connectivity index (χ1n) is 9.27. The normalized spacial score (nSPS) is 22.1. The van der Waals surface area contributed by atoms with Crippen molar-refractivity contribution >= 4 is 23.3 Å². The van der Waals surface area contributed by atoms with Gasteiger partial charge < -0.3 is 19.7 Å². The molecule has 2 aliphatic heterocycles. The first kappa shape index (κ1) is 19.4. The molecule has 0 bridgehead atoms. The minimum absolute atomic E-state index is 0.0359. The second kappa shape index (κ2) is 9.04. The first-order valence-corrected chi connectivity index (χ1v) is 9.65. The monoisotopic (exact) mass is 381 g/mol. The van der Waals surface area contributed by atoms with Crippen molar-refractivity contribution in [1.29, 1.82) is 0 Å². The lowest BCUT2D eigenvalue weighted by Crippen LogP contribution is -2.46. The van der Waals surface area contributed by atoms with Crippen LogP contribution >= 0.6 is 11.6 Å². The molecule has 2 fully saturated rings. The molecular formula is C19H28ClN3O3. The fraction of sp³-hybridized carbons (Fsp3) is 0.632. The highest BCUT2D eigenvalue weighted by molar-refractivity contribution is 6.30. The van der Waals surface area contributed by atoms with E-state index in [1.807, 2.05) is 30.9 Å². The molecular weight excluding hydrogens is 354 g/mol. The lowest BCUT2D eigenvalue weighted by Gasteiger charge is -2.31. The van der Waals surface area contributed by atoms with Crippen LogP contribution in [0.5, 0.6) is 0 Å². The van der Waals surface area contributed by atoms with Gasteiger partial charge in [0.2, 0.25) is 0 Å². The number of rotatable bonds is 3. The zero-order valence-corrected chi connectivity index (χ0v) is 16.3. The molecule has 2 aliphatic rings. The van der Waals surface area contributed by atoms with Gasteiger partial charge in [0.25, 0.3) is 0 Å². The summed E-state index contributed by atoms with van der Waals surface area (Å²) in [6, 6.07) is 3.67. The van der Waals surface area contributed by atoms with Gasteiger partial charge in [-0.05, 0) is 43.5 Å². The standard InChI is InChI=1S/C19H28ClN3O3/c1-14-10-16(20)11-15(2)18(14)21-19(24)23-4-3-7-26-17(13-23)12-22-5-8-25-9-6-22/h10-11,17H,3-9,12-13H2,1-2H3,(H,21,24)/t17-/m0/s1. The number of morpholine rings is 1. The van der Waals surface area contributed by atoms with E-state index in [1.54, 1.807) is 0 Å². The van der Waals surface area contributed by atoms with E-state index in [9.17, 15) is 4.79 Å². The van der Waals surface area contributed by atoms with Crippen LogP contribution in [0.4, 0.5) is 10.5 Å². The van der Waals surface area contributed by atoms with Gasteiger partial charge in [0.1, 0.15) is 0 Å². The van der Waals surface area contributed by atoms with Crippen LogP contribution in [0.15, 0.2) is 12.1 Å². The second-order valence-electron chi connectivity index (χ2n) is 7.05. The van der Waals surface area contributed by atoms with Crippen molar-refractivity contribution < 1.29 is 14.3 Å². The number of nitrogens with one attached hydrogen (secondary N) is 1. The summed E-state index contributed by atoms with van der Waals surface area (Å²) < 4.78 is 11.4. The van der Waals surface area contributed by atoms with Gasteiger partial charge in [0.15, 0.2) is 0 Å². The van der Waals surface area contributed by atoms with Gasteiger partial charge in [-0.3, -0.25) is 4.90 Å². The molecule has 2 amide bonds. The number of aryl methyl sites for hydroxylation is 2. The highest BCUT2D eigenvalue weighted by atomic mass is 35.5. The number of nitrogens with zero attached hydrogens (tertiary/aromatic N) is 2. The lowest BCUT2D eigenvalue weighted by atomic mass is 10.1. The van der Waals surface area contributed by atoms with Crippen molar-refractivity contribution in [2.45, 2.75) is 26.4 Å². The Morgan fingerprint density at radius 3 is 2.58 bits per heavy atom.